The van der Waals surface area contributed by atoms with Crippen LogP contribution in [0.2, 0.25) is 0 Å². The number of likely N-dealkylation sites (tertiary alicyclic amines) is 1. The minimum atomic E-state index is -1.46. The molecule has 14 nitrogen and oxygen atoms in total. The van der Waals surface area contributed by atoms with Crippen LogP contribution < -0.4 is 22.1 Å². The minimum Gasteiger partial charge on any atom is -0.481 e. The lowest BCUT2D eigenvalue weighted by atomic mass is 10.1. The number of hydrogen-bond donors (Lipinski definition) is 7. The van der Waals surface area contributed by atoms with E-state index < -0.39 is 72.3 Å². The van der Waals surface area contributed by atoms with E-state index >= 15 is 0 Å². The molecule has 0 radical (unpaired) electrons. The van der Waals surface area contributed by atoms with Crippen LogP contribution in [0.3, 0.4) is 0 Å². The monoisotopic (exact) mass is 473 g/mol. The number of aliphatic hydroxyl groups excluding tert-OH is 1. The normalized spacial score (nSPS) is 19.1. The summed E-state index contributed by atoms with van der Waals surface area (Å²) in [4.78, 5) is 72.0. The summed E-state index contributed by atoms with van der Waals surface area (Å²) in [5.74, 6) is -5.65. The van der Waals surface area contributed by atoms with E-state index in [0.717, 1.165) is 4.90 Å². The summed E-state index contributed by atoms with van der Waals surface area (Å²) in [6.07, 6.45) is -1.76. The van der Waals surface area contributed by atoms with E-state index in [1.807, 2.05) is 0 Å². The van der Waals surface area contributed by atoms with Gasteiger partial charge < -0.3 is 42.3 Å². The van der Waals surface area contributed by atoms with Gasteiger partial charge in [0.05, 0.1) is 12.1 Å². The van der Waals surface area contributed by atoms with Crippen LogP contribution in [-0.2, 0) is 28.8 Å². The van der Waals surface area contributed by atoms with Crippen LogP contribution in [0.25, 0.3) is 0 Å². The van der Waals surface area contributed by atoms with Crippen LogP contribution >= 0.6 is 0 Å². The molecule has 1 aliphatic rings. The highest BCUT2D eigenvalue weighted by atomic mass is 16.4. The molecule has 14 heteroatoms. The average molecular weight is 473 g/mol. The quantitative estimate of drug-likeness (QED) is 0.142. The van der Waals surface area contributed by atoms with Crippen molar-refractivity contribution in [3.63, 3.8) is 0 Å². The lowest BCUT2D eigenvalue weighted by Gasteiger charge is -2.31. The van der Waals surface area contributed by atoms with Crippen LogP contribution in [0.15, 0.2) is 0 Å². The molecule has 5 unspecified atom stereocenters. The van der Waals surface area contributed by atoms with E-state index in [2.05, 4.69) is 10.6 Å². The Morgan fingerprint density at radius 3 is 2.21 bits per heavy atom. The summed E-state index contributed by atoms with van der Waals surface area (Å²) in [6, 6.07) is -5.12. The Hall–Kier alpha value is -3.26. The third kappa shape index (κ3) is 8.65. The molecule has 33 heavy (non-hydrogen) atoms. The molecular formula is C19H31N5O9. The molecule has 0 aromatic heterocycles. The van der Waals surface area contributed by atoms with Gasteiger partial charge in [0.25, 0.3) is 0 Å². The third-order valence-electron chi connectivity index (χ3n) is 5.18. The summed E-state index contributed by atoms with van der Waals surface area (Å²) >= 11 is 0. The second kappa shape index (κ2) is 12.7. The van der Waals surface area contributed by atoms with Crippen LogP contribution in [0.5, 0.6) is 0 Å². The number of primary amides is 1. The highest BCUT2D eigenvalue weighted by Crippen LogP contribution is 2.20. The van der Waals surface area contributed by atoms with Gasteiger partial charge in [-0.1, -0.05) is 0 Å². The molecule has 1 aliphatic heterocycles. The summed E-state index contributed by atoms with van der Waals surface area (Å²) in [5, 5.41) is 32.6. The Morgan fingerprint density at radius 2 is 1.70 bits per heavy atom. The summed E-state index contributed by atoms with van der Waals surface area (Å²) in [7, 11) is 0. The van der Waals surface area contributed by atoms with E-state index in [-0.39, 0.29) is 32.2 Å². The molecule has 0 spiro atoms. The van der Waals surface area contributed by atoms with Crippen LogP contribution in [0.4, 0.5) is 0 Å². The number of nitrogens with two attached hydrogens (primary N) is 2. The largest absolute Gasteiger partial charge is 0.481 e. The van der Waals surface area contributed by atoms with Crippen molar-refractivity contribution in [2.24, 2.45) is 11.5 Å². The summed E-state index contributed by atoms with van der Waals surface area (Å²) in [5.41, 5.74) is 10.7. The first kappa shape index (κ1) is 27.8. The second-order valence-corrected chi connectivity index (χ2v) is 7.86. The number of amides is 4. The smallest absolute Gasteiger partial charge is 0.326 e. The molecule has 1 heterocycles. The number of nitrogens with one attached hydrogen (secondary N) is 2. The fourth-order valence-corrected chi connectivity index (χ4v) is 3.35. The van der Waals surface area contributed by atoms with Gasteiger partial charge in [0.2, 0.25) is 23.6 Å². The van der Waals surface area contributed by atoms with Gasteiger partial charge in [0.15, 0.2) is 0 Å². The molecular weight excluding hydrogens is 442 g/mol. The summed E-state index contributed by atoms with van der Waals surface area (Å²) < 4.78 is 0. The Kier molecular flexibility index (Phi) is 10.7. The molecule has 1 rings (SSSR count). The summed E-state index contributed by atoms with van der Waals surface area (Å²) in [6.45, 7) is 1.38. The number of carbonyl (C=O) groups is 6. The molecule has 1 saturated heterocycles. The van der Waals surface area contributed by atoms with Crippen molar-refractivity contribution in [3.8, 4) is 0 Å². The number of nitrogens with zero attached hydrogens (tertiary/aromatic N) is 1. The van der Waals surface area contributed by atoms with Gasteiger partial charge in [0.1, 0.15) is 18.1 Å². The fraction of sp³-hybridized carbons (Fsp3) is 0.684. The maximum Gasteiger partial charge on any atom is 0.326 e. The molecule has 186 valence electrons. The molecule has 9 N–H and O–H groups in total. The van der Waals surface area contributed by atoms with E-state index in [9.17, 15) is 39.0 Å². The van der Waals surface area contributed by atoms with Crippen molar-refractivity contribution in [1.82, 2.24) is 15.5 Å². The van der Waals surface area contributed by atoms with Gasteiger partial charge in [-0.05, 0) is 32.6 Å². The predicted molar refractivity (Wildman–Crippen MR) is 111 cm³/mol. The molecule has 0 aromatic rings. The number of aliphatic carboxylic acids is 2. The van der Waals surface area contributed by atoms with E-state index in [0.29, 0.717) is 6.42 Å². The Balaban J connectivity index is 2.88. The second-order valence-electron chi connectivity index (χ2n) is 7.86. The van der Waals surface area contributed by atoms with Gasteiger partial charge in [-0.3, -0.25) is 24.0 Å². The molecule has 0 aliphatic carbocycles. The van der Waals surface area contributed by atoms with Gasteiger partial charge >= 0.3 is 11.9 Å². The molecule has 0 bridgehead atoms. The number of hydrogen-bond acceptors (Lipinski definition) is 8. The average Bonchev–Trinajstić information content (AvgIpc) is 3.21. The fourth-order valence-electron chi connectivity index (χ4n) is 3.35. The number of carboxylic acids is 2. The Morgan fingerprint density at radius 1 is 1.06 bits per heavy atom. The first-order valence-corrected chi connectivity index (χ1v) is 10.4. The zero-order valence-corrected chi connectivity index (χ0v) is 18.2. The predicted octanol–water partition coefficient (Wildman–Crippen LogP) is -3.13. The molecule has 1 fully saturated rings. The topological polar surface area (TPSA) is 242 Å². The standard InChI is InChI=1S/C19H31N5O9/c1-9(25)15(23-16(29)10(20)4-6-13(21)26)18(31)24-8-2-3-12(24)17(30)22-11(19(32)33)5-7-14(27)28/h9-12,15,25H,2-8,20H2,1H3,(H2,21,26)(H,22,30)(H,23,29)(H,27,28)(H,32,33). The lowest BCUT2D eigenvalue weighted by Crippen LogP contribution is -2.59. The van der Waals surface area contributed by atoms with E-state index in [1.165, 1.54) is 6.92 Å². The molecule has 0 aromatic carbocycles. The maximum atomic E-state index is 13.0. The molecule has 4 amide bonds. The molecule has 0 saturated carbocycles. The van der Waals surface area contributed by atoms with Gasteiger partial charge in [-0.25, -0.2) is 4.79 Å². The van der Waals surface area contributed by atoms with Crippen molar-refractivity contribution >= 4 is 35.6 Å². The van der Waals surface area contributed by atoms with Gasteiger partial charge in [0, 0.05) is 19.4 Å². The highest BCUT2D eigenvalue weighted by molar-refractivity contribution is 5.95. The number of rotatable bonds is 13. The SMILES string of the molecule is CC(O)C(NC(=O)C(N)CCC(N)=O)C(=O)N1CCCC1C(=O)NC(CCC(=O)O)C(=O)O. The van der Waals surface area contributed by atoms with Gasteiger partial charge in [-0.15, -0.1) is 0 Å². The van der Waals surface area contributed by atoms with Crippen LogP contribution in [-0.4, -0.2) is 92.6 Å². The zero-order chi connectivity index (χ0) is 25.3. The van der Waals surface area contributed by atoms with E-state index in [1.54, 1.807) is 0 Å². The van der Waals surface area contributed by atoms with Crippen molar-refractivity contribution < 1.29 is 44.1 Å². The van der Waals surface area contributed by atoms with Crippen molar-refractivity contribution in [1.29, 1.82) is 0 Å². The van der Waals surface area contributed by atoms with Crippen molar-refractivity contribution in [2.45, 2.75) is 75.7 Å². The van der Waals surface area contributed by atoms with E-state index in [4.69, 9.17) is 16.6 Å². The number of aliphatic hydroxyl groups is 1. The first-order chi connectivity index (χ1) is 15.3. The molecule has 5 atom stereocenters. The van der Waals surface area contributed by atoms with Crippen molar-refractivity contribution in [2.75, 3.05) is 6.54 Å². The highest BCUT2D eigenvalue weighted by Gasteiger charge is 2.40. The number of carboxylic acid groups (broad SMARTS) is 2. The Bertz CT molecular complexity index is 773. The lowest BCUT2D eigenvalue weighted by molar-refractivity contribution is -0.146. The van der Waals surface area contributed by atoms with Crippen LogP contribution in [0, 0.1) is 0 Å². The number of carbonyl (C=O) groups excluding carboxylic acids is 4. The first-order valence-electron chi connectivity index (χ1n) is 10.4. The third-order valence-corrected chi connectivity index (χ3v) is 5.18. The Labute approximate surface area is 189 Å². The zero-order valence-electron chi connectivity index (χ0n) is 18.2. The van der Waals surface area contributed by atoms with Crippen molar-refractivity contribution in [3.05, 3.63) is 0 Å². The van der Waals surface area contributed by atoms with Gasteiger partial charge in [-0.2, -0.15) is 0 Å². The maximum absolute atomic E-state index is 13.0. The minimum absolute atomic E-state index is 0.0659. The van der Waals surface area contributed by atoms with Crippen LogP contribution in [0.1, 0.15) is 45.4 Å².